The van der Waals surface area contributed by atoms with Crippen molar-refractivity contribution in [3.8, 4) is 0 Å². The van der Waals surface area contributed by atoms with Gasteiger partial charge in [0.15, 0.2) is 0 Å². The number of amides is 1. The Balaban J connectivity index is 3.91. The van der Waals surface area contributed by atoms with Crippen LogP contribution in [0.15, 0.2) is 72.9 Å². The lowest BCUT2D eigenvalue weighted by atomic mass is 10.0. The minimum absolute atomic E-state index is 0.0740. The molecule has 3 unspecified atom stereocenters. The maximum atomic E-state index is 12.9. The smallest absolute Gasteiger partial charge is 0.391 e. The molecule has 402 valence electrons. The van der Waals surface area contributed by atoms with Crippen molar-refractivity contribution in [3.63, 3.8) is 0 Å². The predicted octanol–water partition coefficient (Wildman–Crippen LogP) is 17.5. The number of aliphatic hydroxyl groups is 1. The van der Waals surface area contributed by atoms with Crippen molar-refractivity contribution >= 4 is 13.7 Å². The Kier molecular flexibility index (Phi) is 49.3. The highest BCUT2D eigenvalue weighted by molar-refractivity contribution is 7.47. The van der Waals surface area contributed by atoms with Crippen molar-refractivity contribution in [2.24, 2.45) is 0 Å². The molecule has 8 nitrogen and oxygen atoms in total. The molecule has 0 radical (unpaired) electrons. The van der Waals surface area contributed by atoms with E-state index >= 15 is 0 Å². The van der Waals surface area contributed by atoms with E-state index in [1.165, 1.54) is 148 Å². The lowest BCUT2D eigenvalue weighted by Crippen LogP contribution is -2.46. The standard InChI is InChI=1S/C60H111N2O6P/c1-6-8-10-12-14-16-18-19-20-21-22-23-24-25-26-27-28-29-30-31-32-33-34-35-36-37-38-39-40-41-42-43-44-46-48-50-52-54-60(64)61-58(57-68-69(65,66)67-56-55-62(3,4)5)59(63)53-51-49-47-45-17-15-13-11-9-7-2/h8,10,14,16,19-20,22-23,25-26,28-29,58-59,63H,6-7,9,11-13,15,17-18,21,24,27,30-57H2,1-5H3,(H-,61,64,65,66)/p+1/b10-8-,16-14-,20-19-,23-22-,26-25-,29-28-. The highest BCUT2D eigenvalue weighted by atomic mass is 31.2. The fraction of sp³-hybridized carbons (Fsp3) is 0.783. The van der Waals surface area contributed by atoms with Gasteiger partial charge in [-0.2, -0.15) is 0 Å². The van der Waals surface area contributed by atoms with E-state index < -0.39 is 20.0 Å². The van der Waals surface area contributed by atoms with Gasteiger partial charge in [-0.15, -0.1) is 0 Å². The molecule has 0 fully saturated rings. The summed E-state index contributed by atoms with van der Waals surface area (Å²) in [5.74, 6) is -0.146. The summed E-state index contributed by atoms with van der Waals surface area (Å²) in [4.78, 5) is 23.2. The van der Waals surface area contributed by atoms with E-state index in [9.17, 15) is 19.4 Å². The summed E-state index contributed by atoms with van der Waals surface area (Å²) in [5, 5.41) is 14.0. The zero-order valence-corrected chi connectivity index (χ0v) is 46.7. The molecule has 0 aliphatic carbocycles. The summed E-state index contributed by atoms with van der Waals surface area (Å²) in [6.45, 7) is 4.76. The van der Waals surface area contributed by atoms with Gasteiger partial charge in [-0.3, -0.25) is 13.8 Å². The van der Waals surface area contributed by atoms with Gasteiger partial charge >= 0.3 is 7.82 Å². The topological polar surface area (TPSA) is 105 Å². The van der Waals surface area contributed by atoms with E-state index in [0.717, 1.165) is 77.0 Å². The van der Waals surface area contributed by atoms with Crippen molar-refractivity contribution in [1.82, 2.24) is 5.32 Å². The van der Waals surface area contributed by atoms with Crippen LogP contribution in [0, 0.1) is 0 Å². The van der Waals surface area contributed by atoms with Crippen LogP contribution in [0.3, 0.4) is 0 Å². The quantitative estimate of drug-likeness (QED) is 0.0243. The van der Waals surface area contributed by atoms with E-state index in [4.69, 9.17) is 9.05 Å². The average Bonchev–Trinajstić information content (AvgIpc) is 3.31. The van der Waals surface area contributed by atoms with E-state index in [1.54, 1.807) is 0 Å². The molecule has 3 N–H and O–H groups in total. The number of aliphatic hydroxyl groups excluding tert-OH is 1. The van der Waals surface area contributed by atoms with Gasteiger partial charge in [0.2, 0.25) is 5.91 Å². The van der Waals surface area contributed by atoms with Crippen LogP contribution in [0.1, 0.15) is 251 Å². The van der Waals surface area contributed by atoms with Crippen LogP contribution in [-0.2, 0) is 18.4 Å². The molecular weight excluding hydrogens is 876 g/mol. The van der Waals surface area contributed by atoms with Crippen LogP contribution >= 0.6 is 7.82 Å². The number of hydrogen-bond donors (Lipinski definition) is 3. The second-order valence-corrected chi connectivity index (χ2v) is 22.1. The van der Waals surface area contributed by atoms with Gasteiger partial charge in [0.25, 0.3) is 0 Å². The first-order valence-electron chi connectivity index (χ1n) is 28.8. The number of carbonyl (C=O) groups is 1. The highest BCUT2D eigenvalue weighted by Crippen LogP contribution is 2.43. The zero-order chi connectivity index (χ0) is 50.6. The first-order chi connectivity index (χ1) is 33.5. The number of carbonyl (C=O) groups excluding carboxylic acids is 1. The van der Waals surface area contributed by atoms with E-state index in [1.807, 2.05) is 21.1 Å². The second-order valence-electron chi connectivity index (χ2n) is 20.6. The molecule has 0 saturated heterocycles. The number of hydrogen-bond acceptors (Lipinski definition) is 5. The molecule has 3 atom stereocenters. The van der Waals surface area contributed by atoms with Crippen LogP contribution in [0.2, 0.25) is 0 Å². The van der Waals surface area contributed by atoms with Gasteiger partial charge in [-0.1, -0.05) is 254 Å². The number of unbranched alkanes of at least 4 members (excludes halogenated alkanes) is 27. The zero-order valence-electron chi connectivity index (χ0n) is 45.8. The minimum Gasteiger partial charge on any atom is -0.391 e. The summed E-state index contributed by atoms with van der Waals surface area (Å²) >= 11 is 0. The molecule has 0 aromatic rings. The molecule has 0 saturated carbocycles. The Labute approximate surface area is 427 Å². The van der Waals surface area contributed by atoms with Crippen LogP contribution in [0.5, 0.6) is 0 Å². The van der Waals surface area contributed by atoms with E-state index in [2.05, 4.69) is 92.1 Å². The summed E-state index contributed by atoms with van der Waals surface area (Å²) < 4.78 is 23.7. The SMILES string of the molecule is CC/C=C\C/C=C\C/C=C\C/C=C\C/C=C\C/C=C\CCCCCCCCCCCCCCCCCCCCC(=O)NC(COP(=O)(O)OCC[N+](C)(C)C)C(O)CCCCCCCCCCCC. The first kappa shape index (κ1) is 66.9. The maximum absolute atomic E-state index is 12.9. The third-order valence-electron chi connectivity index (χ3n) is 12.7. The summed E-state index contributed by atoms with van der Waals surface area (Å²) in [7, 11) is 1.62. The van der Waals surface area contributed by atoms with E-state index in [0.29, 0.717) is 23.9 Å². The van der Waals surface area contributed by atoms with E-state index in [-0.39, 0.29) is 19.1 Å². The lowest BCUT2D eigenvalue weighted by Gasteiger charge is -2.26. The molecule has 69 heavy (non-hydrogen) atoms. The molecule has 0 aromatic heterocycles. The molecule has 1 amide bonds. The van der Waals surface area contributed by atoms with Gasteiger partial charge in [0, 0.05) is 6.42 Å². The van der Waals surface area contributed by atoms with Crippen LogP contribution in [0.25, 0.3) is 0 Å². The van der Waals surface area contributed by atoms with Crippen molar-refractivity contribution in [2.45, 2.75) is 264 Å². The number of allylic oxidation sites excluding steroid dienone is 12. The van der Waals surface area contributed by atoms with Crippen LogP contribution < -0.4 is 5.32 Å². The monoisotopic (exact) mass is 988 g/mol. The maximum Gasteiger partial charge on any atom is 0.472 e. The minimum atomic E-state index is -4.32. The normalized spacial score (nSPS) is 14.5. The number of nitrogens with one attached hydrogen (secondary N) is 1. The third-order valence-corrected chi connectivity index (χ3v) is 13.7. The van der Waals surface area contributed by atoms with Gasteiger partial charge in [0.1, 0.15) is 13.2 Å². The Morgan fingerprint density at radius 2 is 0.870 bits per heavy atom. The van der Waals surface area contributed by atoms with Gasteiger partial charge in [0.05, 0.1) is 39.9 Å². The number of likely N-dealkylation sites (N-methyl/N-ethyl adjacent to an activating group) is 1. The second kappa shape index (κ2) is 50.9. The lowest BCUT2D eigenvalue weighted by molar-refractivity contribution is -0.870. The van der Waals surface area contributed by atoms with Crippen molar-refractivity contribution < 1.29 is 32.9 Å². The summed E-state index contributed by atoms with van der Waals surface area (Å²) in [5.41, 5.74) is 0. The summed E-state index contributed by atoms with van der Waals surface area (Å²) in [6.07, 6.45) is 69.8. The largest absolute Gasteiger partial charge is 0.472 e. The highest BCUT2D eigenvalue weighted by Gasteiger charge is 2.28. The first-order valence-corrected chi connectivity index (χ1v) is 30.3. The predicted molar refractivity (Wildman–Crippen MR) is 300 cm³/mol. The molecule has 0 heterocycles. The van der Waals surface area contributed by atoms with Crippen LogP contribution in [-0.4, -0.2) is 73.4 Å². The van der Waals surface area contributed by atoms with Crippen molar-refractivity contribution in [1.29, 1.82) is 0 Å². The Hall–Kier alpha value is -2.06. The van der Waals surface area contributed by atoms with Gasteiger partial charge < -0.3 is 19.8 Å². The molecular formula is C60H112N2O6P+. The average molecular weight is 989 g/mol. The Morgan fingerprint density at radius 1 is 0.507 bits per heavy atom. The molecule has 0 aromatic carbocycles. The van der Waals surface area contributed by atoms with Crippen molar-refractivity contribution in [3.05, 3.63) is 72.9 Å². The van der Waals surface area contributed by atoms with Crippen LogP contribution in [0.4, 0.5) is 0 Å². The number of phosphoric ester groups is 1. The molecule has 0 spiro atoms. The van der Waals surface area contributed by atoms with Gasteiger partial charge in [-0.25, -0.2) is 4.57 Å². The fourth-order valence-corrected chi connectivity index (χ4v) is 8.96. The Morgan fingerprint density at radius 3 is 1.28 bits per heavy atom. The molecule has 0 aliphatic rings. The number of nitrogens with zero attached hydrogens (tertiary/aromatic N) is 1. The number of phosphoric acid groups is 1. The number of rotatable bonds is 52. The molecule has 9 heteroatoms. The third kappa shape index (κ3) is 53.6. The van der Waals surface area contributed by atoms with Gasteiger partial charge in [-0.05, 0) is 64.2 Å². The van der Waals surface area contributed by atoms with Crippen molar-refractivity contribution in [2.75, 3.05) is 40.9 Å². The molecule has 0 aliphatic heterocycles. The summed E-state index contributed by atoms with van der Waals surface area (Å²) in [6, 6.07) is -0.760. The Bertz CT molecular complexity index is 1350. The fourth-order valence-electron chi connectivity index (χ4n) is 8.23. The molecule has 0 bridgehead atoms. The molecule has 0 rings (SSSR count). The number of quaternary nitrogens is 1.